The van der Waals surface area contributed by atoms with E-state index in [1.165, 1.54) is 0 Å². The first-order valence-corrected chi connectivity index (χ1v) is 0.763. The second kappa shape index (κ2) is 9.06. The van der Waals surface area contributed by atoms with Crippen LogP contribution in [0.3, 0.4) is 0 Å². The van der Waals surface area contributed by atoms with Crippen molar-refractivity contribution in [2.24, 2.45) is 4.99 Å². The van der Waals surface area contributed by atoms with Gasteiger partial charge < -0.3 is 4.99 Å². The summed E-state index contributed by atoms with van der Waals surface area (Å²) in [5, 5.41) is 0. The van der Waals surface area contributed by atoms with Crippen LogP contribution in [0.25, 0.3) is 0 Å². The third kappa shape index (κ3) is 12.6. The van der Waals surface area contributed by atoms with E-state index in [4.69, 9.17) is 0 Å². The van der Waals surface area contributed by atoms with Crippen LogP contribution in [0.15, 0.2) is 4.99 Å². The van der Waals surface area contributed by atoms with Crippen LogP contribution in [0.1, 0.15) is 0 Å². The Balaban J connectivity index is 0. The fraction of sp³-hybridized carbons (Fsp3) is 0.500. The van der Waals surface area contributed by atoms with Gasteiger partial charge in [0.1, 0.15) is 0 Å². The molecule has 0 amide bonds. The summed E-state index contributed by atoms with van der Waals surface area (Å²) in [6.45, 7) is 3.11. The molecule has 2 heteroatoms. The Morgan fingerprint density at radius 1 is 1.75 bits per heavy atom. The molecule has 0 saturated heterocycles. The molecule has 0 N–H and O–H groups in total. The zero-order valence-electron chi connectivity index (χ0n) is 2.51. The zero-order valence-corrected chi connectivity index (χ0v) is 3.21. The van der Waals surface area contributed by atoms with Gasteiger partial charge in [-0.1, -0.05) is 0 Å². The molecule has 0 unspecified atom stereocenters. The standard InChI is InChI=1S/C2H5N.Ar/c1-3-2;/h1H2,2H3;. The Morgan fingerprint density at radius 2 is 1.75 bits per heavy atom. The molecule has 1 nitrogen and oxygen atoms in total. The molecule has 0 heterocycles. The molecule has 0 saturated carbocycles. The molecule has 0 aliphatic heterocycles. The van der Waals surface area contributed by atoms with Gasteiger partial charge in [-0.2, -0.15) is 0 Å². The molecular formula is C2H5ArN. The summed E-state index contributed by atoms with van der Waals surface area (Å²) in [6.07, 6.45) is 0. The largest absolute Gasteiger partial charge is 0.304 e. The quantitative estimate of drug-likeness (QED) is 0.374. The van der Waals surface area contributed by atoms with Crippen LogP contribution in [0.5, 0.6) is 0 Å². The Bertz CT molecular complexity index is 13.5. The van der Waals surface area contributed by atoms with E-state index in [2.05, 4.69) is 11.7 Å². The normalized spacial score (nSPS) is 3.25. The molecule has 0 aliphatic carbocycles. The van der Waals surface area contributed by atoms with Gasteiger partial charge in [0.15, 0.2) is 0 Å². The average molecular weight is 83.0 g/mol. The Morgan fingerprint density at radius 3 is 1.75 bits per heavy atom. The number of hydrogen-bond donors (Lipinski definition) is 0. The van der Waals surface area contributed by atoms with Crippen molar-refractivity contribution in [2.75, 3.05) is 7.05 Å². The van der Waals surface area contributed by atoms with Gasteiger partial charge >= 0.3 is 0 Å². The van der Waals surface area contributed by atoms with Crippen molar-refractivity contribution < 1.29 is 37.7 Å². The predicted octanol–water partition coefficient (Wildman–Crippen LogP) is 0.317. The van der Waals surface area contributed by atoms with Crippen LogP contribution in [0, 0.1) is 37.7 Å². The topological polar surface area (TPSA) is 12.4 Å². The van der Waals surface area contributed by atoms with Crippen LogP contribution in [0.2, 0.25) is 0 Å². The third-order valence-corrected chi connectivity index (χ3v) is 0. The second-order valence-electron chi connectivity index (χ2n) is 0.316. The summed E-state index contributed by atoms with van der Waals surface area (Å²) in [4.78, 5) is 3.25. The van der Waals surface area contributed by atoms with Gasteiger partial charge in [-0.3, -0.25) is 0 Å². The molecule has 0 aromatic rings. The fourth-order valence-electron chi connectivity index (χ4n) is 0. The molecule has 0 aliphatic rings. The first-order valence-electron chi connectivity index (χ1n) is 0.763. The molecular weight excluding hydrogens is 78.0 g/mol. The summed E-state index contributed by atoms with van der Waals surface area (Å²) in [6, 6.07) is 0. The maximum Gasteiger partial charge on any atom is 0.0269 e. The van der Waals surface area contributed by atoms with Gasteiger partial charge in [-0.25, -0.2) is 0 Å². The van der Waals surface area contributed by atoms with E-state index >= 15 is 0 Å². The minimum atomic E-state index is 0. The second-order valence-corrected chi connectivity index (χ2v) is 0.316. The monoisotopic (exact) mass is 83.0 g/mol. The van der Waals surface area contributed by atoms with Crippen molar-refractivity contribution in [1.29, 1.82) is 0 Å². The summed E-state index contributed by atoms with van der Waals surface area (Å²) < 4.78 is 0. The van der Waals surface area contributed by atoms with E-state index in [0.717, 1.165) is 0 Å². The number of hydrogen-bond acceptors (Lipinski definition) is 1. The van der Waals surface area contributed by atoms with Crippen molar-refractivity contribution >= 4 is 6.72 Å². The fourth-order valence-corrected chi connectivity index (χ4v) is 0. The van der Waals surface area contributed by atoms with Crippen LogP contribution < -0.4 is 0 Å². The number of aliphatic imine (C=N–C) groups is 1. The van der Waals surface area contributed by atoms with E-state index in [1.54, 1.807) is 7.05 Å². The molecule has 0 fully saturated rings. The van der Waals surface area contributed by atoms with Gasteiger partial charge in [-0.15, -0.1) is 0 Å². The molecule has 26 valence electrons. The molecule has 4 heavy (non-hydrogen) atoms. The first kappa shape index (κ1) is 8.87. The summed E-state index contributed by atoms with van der Waals surface area (Å²) in [7, 11) is 1.64. The smallest absolute Gasteiger partial charge is 0.0269 e. The third-order valence-electron chi connectivity index (χ3n) is 0. The maximum atomic E-state index is 3.25. The van der Waals surface area contributed by atoms with Crippen LogP contribution in [0.4, 0.5) is 0 Å². The number of rotatable bonds is 0. The Hall–Kier alpha value is 0.930. The Labute approximate surface area is 56.1 Å². The molecule has 0 radical (unpaired) electrons. The van der Waals surface area contributed by atoms with Crippen molar-refractivity contribution in [2.45, 2.75) is 0 Å². The van der Waals surface area contributed by atoms with Crippen molar-refractivity contribution in [1.82, 2.24) is 0 Å². The average Bonchev–Trinajstić information content (AvgIpc) is 0.918. The van der Waals surface area contributed by atoms with Crippen molar-refractivity contribution in [3.05, 3.63) is 0 Å². The van der Waals surface area contributed by atoms with Crippen molar-refractivity contribution in [3.63, 3.8) is 0 Å². The predicted molar refractivity (Wildman–Crippen MR) is 15.5 cm³/mol. The van der Waals surface area contributed by atoms with Gasteiger partial charge in [0, 0.05) is 44.8 Å². The first-order chi connectivity index (χ1) is 1.41. The van der Waals surface area contributed by atoms with Crippen LogP contribution in [-0.4, -0.2) is 13.8 Å². The summed E-state index contributed by atoms with van der Waals surface area (Å²) in [5.41, 5.74) is 0. The minimum Gasteiger partial charge on any atom is -0.304 e. The summed E-state index contributed by atoms with van der Waals surface area (Å²) in [5.74, 6) is 0. The molecule has 0 aromatic heterocycles. The number of nitrogens with zero attached hydrogens (tertiary/aromatic N) is 1. The maximum absolute atomic E-state index is 3.25. The van der Waals surface area contributed by atoms with Gasteiger partial charge in [0.2, 0.25) is 0 Å². The molecule has 0 aromatic carbocycles. The molecule has 0 bridgehead atoms. The summed E-state index contributed by atoms with van der Waals surface area (Å²) >= 11 is 0. The Kier molecular flexibility index (Phi) is 20.1. The van der Waals surface area contributed by atoms with Crippen molar-refractivity contribution in [3.8, 4) is 0 Å². The van der Waals surface area contributed by atoms with Gasteiger partial charge in [0.25, 0.3) is 0 Å². The zero-order chi connectivity index (χ0) is 2.71. The van der Waals surface area contributed by atoms with E-state index in [0.29, 0.717) is 0 Å². The minimum absolute atomic E-state index is 0. The van der Waals surface area contributed by atoms with Crippen LogP contribution in [-0.2, 0) is 0 Å². The molecule has 0 spiro atoms. The van der Waals surface area contributed by atoms with E-state index in [-0.39, 0.29) is 37.7 Å². The van der Waals surface area contributed by atoms with Gasteiger partial charge in [0.05, 0.1) is 0 Å². The van der Waals surface area contributed by atoms with E-state index in [9.17, 15) is 0 Å². The van der Waals surface area contributed by atoms with Crippen LogP contribution >= 0.6 is 0 Å². The van der Waals surface area contributed by atoms with Gasteiger partial charge in [-0.05, 0) is 6.72 Å². The van der Waals surface area contributed by atoms with E-state index in [1.807, 2.05) is 0 Å². The molecule has 0 atom stereocenters. The molecule has 0 rings (SSSR count). The van der Waals surface area contributed by atoms with E-state index < -0.39 is 0 Å². The SMILES string of the molecule is C=NC.[Ar].